The SMILES string of the molecule is Cc1cc(C)cc(NC(=S)N(Cc2ccccc2)Cc2cn(C)c3ccccc23)c1. The van der Waals surface area contributed by atoms with Crippen LogP contribution in [0.25, 0.3) is 10.9 Å². The maximum absolute atomic E-state index is 5.88. The van der Waals surface area contributed by atoms with Crippen LogP contribution in [-0.2, 0) is 20.1 Å². The number of nitrogens with zero attached hydrogens (tertiary/aromatic N) is 2. The predicted octanol–water partition coefficient (Wildman–Crippen LogP) is 6.19. The van der Waals surface area contributed by atoms with E-state index >= 15 is 0 Å². The Bertz CT molecular complexity index is 1160. The zero-order chi connectivity index (χ0) is 21.1. The first-order valence-electron chi connectivity index (χ1n) is 10.2. The number of hydrogen-bond donors (Lipinski definition) is 1. The predicted molar refractivity (Wildman–Crippen MR) is 131 cm³/mol. The highest BCUT2D eigenvalue weighted by atomic mass is 32.1. The van der Waals surface area contributed by atoms with E-state index in [2.05, 4.69) is 109 Å². The molecule has 1 N–H and O–H groups in total. The number of rotatable bonds is 5. The first-order valence-corrected chi connectivity index (χ1v) is 10.6. The molecule has 3 aromatic carbocycles. The summed E-state index contributed by atoms with van der Waals surface area (Å²) in [6.45, 7) is 5.71. The Morgan fingerprint density at radius 3 is 2.30 bits per heavy atom. The highest BCUT2D eigenvalue weighted by Crippen LogP contribution is 2.23. The molecule has 0 saturated heterocycles. The maximum atomic E-state index is 5.88. The second kappa shape index (κ2) is 8.72. The first kappa shape index (κ1) is 20.2. The number of aromatic nitrogens is 1. The molecule has 0 spiro atoms. The number of nitrogens with one attached hydrogen (secondary N) is 1. The van der Waals surface area contributed by atoms with Gasteiger partial charge in [-0.1, -0.05) is 54.6 Å². The molecule has 1 aromatic heterocycles. The van der Waals surface area contributed by atoms with Crippen LogP contribution in [0.3, 0.4) is 0 Å². The van der Waals surface area contributed by atoms with E-state index in [0.29, 0.717) is 0 Å². The molecule has 152 valence electrons. The molecule has 0 radical (unpaired) electrons. The van der Waals surface area contributed by atoms with Crippen molar-refractivity contribution in [3.05, 3.63) is 101 Å². The van der Waals surface area contributed by atoms with Crippen LogP contribution in [-0.4, -0.2) is 14.6 Å². The minimum atomic E-state index is 0.733. The summed E-state index contributed by atoms with van der Waals surface area (Å²) in [4.78, 5) is 2.24. The highest BCUT2D eigenvalue weighted by Gasteiger charge is 2.15. The van der Waals surface area contributed by atoms with E-state index in [0.717, 1.165) is 23.9 Å². The molecule has 0 saturated carbocycles. The number of aryl methyl sites for hydroxylation is 3. The minimum Gasteiger partial charge on any atom is -0.350 e. The van der Waals surface area contributed by atoms with Gasteiger partial charge in [-0.05, 0) is 66.5 Å². The molecule has 0 aliphatic heterocycles. The van der Waals surface area contributed by atoms with Crippen molar-refractivity contribution < 1.29 is 0 Å². The summed E-state index contributed by atoms with van der Waals surface area (Å²) >= 11 is 5.88. The molecule has 1 heterocycles. The second-order valence-electron chi connectivity index (χ2n) is 7.93. The summed E-state index contributed by atoms with van der Waals surface area (Å²) in [5.41, 5.74) is 7.23. The number of hydrogen-bond acceptors (Lipinski definition) is 1. The fraction of sp³-hybridized carbons (Fsp3) is 0.192. The average Bonchev–Trinajstić information content (AvgIpc) is 3.03. The van der Waals surface area contributed by atoms with Crippen molar-refractivity contribution in [2.24, 2.45) is 7.05 Å². The van der Waals surface area contributed by atoms with Crippen LogP contribution < -0.4 is 5.32 Å². The normalized spacial score (nSPS) is 10.9. The molecule has 0 bridgehead atoms. The van der Waals surface area contributed by atoms with Gasteiger partial charge in [-0.25, -0.2) is 0 Å². The van der Waals surface area contributed by atoms with Gasteiger partial charge in [0.2, 0.25) is 0 Å². The van der Waals surface area contributed by atoms with Gasteiger partial charge in [-0.3, -0.25) is 0 Å². The van der Waals surface area contributed by atoms with Crippen molar-refractivity contribution in [1.29, 1.82) is 0 Å². The Hall–Kier alpha value is -3.11. The van der Waals surface area contributed by atoms with E-state index in [9.17, 15) is 0 Å². The van der Waals surface area contributed by atoms with Crippen LogP contribution in [0.15, 0.2) is 79.0 Å². The van der Waals surface area contributed by atoms with Gasteiger partial charge in [0.15, 0.2) is 5.11 Å². The van der Waals surface area contributed by atoms with E-state index in [4.69, 9.17) is 12.2 Å². The van der Waals surface area contributed by atoms with Gasteiger partial charge in [0, 0.05) is 42.9 Å². The lowest BCUT2D eigenvalue weighted by molar-refractivity contribution is 0.414. The van der Waals surface area contributed by atoms with Crippen molar-refractivity contribution in [1.82, 2.24) is 9.47 Å². The van der Waals surface area contributed by atoms with Gasteiger partial charge >= 0.3 is 0 Å². The standard InChI is InChI=1S/C26H27N3S/c1-19-13-20(2)15-23(14-19)27-26(30)29(16-21-9-5-4-6-10-21)18-22-17-28(3)25-12-8-7-11-24(22)25/h4-15,17H,16,18H2,1-3H3,(H,27,30). The maximum Gasteiger partial charge on any atom is 0.174 e. The molecule has 4 heteroatoms. The lowest BCUT2D eigenvalue weighted by Crippen LogP contribution is -2.33. The van der Waals surface area contributed by atoms with Gasteiger partial charge in [-0.2, -0.15) is 0 Å². The smallest absolute Gasteiger partial charge is 0.174 e. The Morgan fingerprint density at radius 1 is 0.900 bits per heavy atom. The van der Waals surface area contributed by atoms with Crippen molar-refractivity contribution in [3.8, 4) is 0 Å². The quantitative estimate of drug-likeness (QED) is 0.394. The second-order valence-corrected chi connectivity index (χ2v) is 8.32. The van der Waals surface area contributed by atoms with E-state index in [1.165, 1.54) is 33.2 Å². The highest BCUT2D eigenvalue weighted by molar-refractivity contribution is 7.80. The molecule has 3 nitrogen and oxygen atoms in total. The van der Waals surface area contributed by atoms with E-state index in [1.54, 1.807) is 0 Å². The van der Waals surface area contributed by atoms with Crippen LogP contribution in [0.5, 0.6) is 0 Å². The lowest BCUT2D eigenvalue weighted by Gasteiger charge is -2.26. The molecule has 0 unspecified atom stereocenters. The average molecular weight is 414 g/mol. The zero-order valence-corrected chi connectivity index (χ0v) is 18.5. The van der Waals surface area contributed by atoms with E-state index < -0.39 is 0 Å². The summed E-state index contributed by atoms with van der Waals surface area (Å²) in [6.07, 6.45) is 2.21. The molecule has 0 atom stereocenters. The Balaban J connectivity index is 1.64. The Labute approximate surface area is 184 Å². The fourth-order valence-corrected chi connectivity index (χ4v) is 4.26. The van der Waals surface area contributed by atoms with Crippen LogP contribution in [0.2, 0.25) is 0 Å². The first-order chi connectivity index (χ1) is 14.5. The minimum absolute atomic E-state index is 0.733. The molecular formula is C26H27N3S. The topological polar surface area (TPSA) is 20.2 Å². The molecule has 30 heavy (non-hydrogen) atoms. The number of para-hydroxylation sites is 1. The molecule has 0 fully saturated rings. The lowest BCUT2D eigenvalue weighted by atomic mass is 10.1. The van der Waals surface area contributed by atoms with E-state index in [1.807, 2.05) is 6.07 Å². The van der Waals surface area contributed by atoms with Crippen molar-refractivity contribution >= 4 is 33.9 Å². The monoisotopic (exact) mass is 413 g/mol. The molecule has 0 aliphatic rings. The van der Waals surface area contributed by atoms with Crippen LogP contribution in [0.4, 0.5) is 5.69 Å². The molecular weight excluding hydrogens is 386 g/mol. The third kappa shape index (κ3) is 4.55. The third-order valence-corrected chi connectivity index (χ3v) is 5.68. The molecule has 4 aromatic rings. The van der Waals surface area contributed by atoms with Crippen LogP contribution >= 0.6 is 12.2 Å². The van der Waals surface area contributed by atoms with Crippen LogP contribution in [0.1, 0.15) is 22.3 Å². The van der Waals surface area contributed by atoms with Gasteiger partial charge < -0.3 is 14.8 Å². The zero-order valence-electron chi connectivity index (χ0n) is 17.7. The summed E-state index contributed by atoms with van der Waals surface area (Å²) in [7, 11) is 2.10. The third-order valence-electron chi connectivity index (χ3n) is 5.32. The van der Waals surface area contributed by atoms with E-state index in [-0.39, 0.29) is 0 Å². The number of fused-ring (bicyclic) bond motifs is 1. The van der Waals surface area contributed by atoms with Crippen molar-refractivity contribution in [2.75, 3.05) is 5.32 Å². The Kier molecular flexibility index (Phi) is 5.86. The summed E-state index contributed by atoms with van der Waals surface area (Å²) in [6, 6.07) is 25.5. The van der Waals surface area contributed by atoms with Crippen molar-refractivity contribution in [2.45, 2.75) is 26.9 Å². The Morgan fingerprint density at radius 2 is 1.57 bits per heavy atom. The number of benzene rings is 3. The largest absolute Gasteiger partial charge is 0.350 e. The summed E-state index contributed by atoms with van der Waals surface area (Å²) in [5.74, 6) is 0. The summed E-state index contributed by atoms with van der Waals surface area (Å²) in [5, 5.41) is 5.47. The number of thiocarbonyl (C=S) groups is 1. The number of anilines is 1. The van der Waals surface area contributed by atoms with Gasteiger partial charge in [0.25, 0.3) is 0 Å². The molecule has 0 amide bonds. The van der Waals surface area contributed by atoms with Gasteiger partial charge in [0.05, 0.1) is 0 Å². The van der Waals surface area contributed by atoms with Crippen molar-refractivity contribution in [3.63, 3.8) is 0 Å². The van der Waals surface area contributed by atoms with Gasteiger partial charge in [-0.15, -0.1) is 0 Å². The summed E-state index contributed by atoms with van der Waals surface area (Å²) < 4.78 is 2.19. The van der Waals surface area contributed by atoms with Crippen LogP contribution in [0, 0.1) is 13.8 Å². The van der Waals surface area contributed by atoms with Gasteiger partial charge in [0.1, 0.15) is 0 Å². The molecule has 0 aliphatic carbocycles. The fourth-order valence-electron chi connectivity index (χ4n) is 4.01. The molecule has 4 rings (SSSR count).